The van der Waals surface area contributed by atoms with Gasteiger partial charge in [-0.05, 0) is 66.0 Å². The molecule has 172 valence electrons. The summed E-state index contributed by atoms with van der Waals surface area (Å²) >= 11 is 0. The summed E-state index contributed by atoms with van der Waals surface area (Å²) in [4.78, 5) is 40.8. The first-order chi connectivity index (χ1) is 15.1. The van der Waals surface area contributed by atoms with E-state index >= 15 is 0 Å². The quantitative estimate of drug-likeness (QED) is 0.673. The van der Waals surface area contributed by atoms with Crippen molar-refractivity contribution in [1.29, 1.82) is 0 Å². The molecule has 4 rings (SSSR count). The van der Waals surface area contributed by atoms with Crippen molar-refractivity contribution in [2.45, 2.75) is 84.6 Å². The number of fused-ring (bicyclic) bond motifs is 3. The molecule has 9 nitrogen and oxygen atoms in total. The second-order valence-corrected chi connectivity index (χ2v) is 9.88. The third-order valence-corrected chi connectivity index (χ3v) is 6.06. The number of rotatable bonds is 4. The zero-order chi connectivity index (χ0) is 23.2. The summed E-state index contributed by atoms with van der Waals surface area (Å²) in [5, 5.41) is 7.31. The van der Waals surface area contributed by atoms with Crippen LogP contribution in [0.15, 0.2) is 29.1 Å². The number of nitrogens with zero attached hydrogens (tertiary/aromatic N) is 5. The van der Waals surface area contributed by atoms with E-state index in [0.717, 1.165) is 29.5 Å². The molecule has 2 amide bonds. The van der Waals surface area contributed by atoms with E-state index < -0.39 is 11.2 Å². The first-order valence-electron chi connectivity index (χ1n) is 11.3. The molecule has 1 saturated heterocycles. The zero-order valence-corrected chi connectivity index (χ0v) is 19.5. The Balaban J connectivity index is 1.74. The van der Waals surface area contributed by atoms with Crippen LogP contribution in [-0.4, -0.2) is 53.1 Å². The van der Waals surface area contributed by atoms with Crippen LogP contribution >= 0.6 is 0 Å². The number of benzene rings is 1. The molecule has 1 aromatic carbocycles. The van der Waals surface area contributed by atoms with Crippen LogP contribution < -0.4 is 11.0 Å². The SMILES string of the molecule is C[C@@H]1CCC[C@@H](C)N1C(=O)Cn1c2ccccc2n2c(=O)n(CC(=O)NC(C)(C)C)nc12. The molecule has 32 heavy (non-hydrogen) atoms. The summed E-state index contributed by atoms with van der Waals surface area (Å²) < 4.78 is 4.43. The van der Waals surface area contributed by atoms with E-state index in [9.17, 15) is 14.4 Å². The summed E-state index contributed by atoms with van der Waals surface area (Å²) in [6.45, 7) is 9.73. The van der Waals surface area contributed by atoms with Crippen LogP contribution in [0.4, 0.5) is 0 Å². The molecule has 0 saturated carbocycles. The minimum Gasteiger partial charge on any atom is -0.350 e. The Labute approximate surface area is 187 Å². The van der Waals surface area contributed by atoms with Gasteiger partial charge in [0.05, 0.1) is 11.0 Å². The van der Waals surface area contributed by atoms with Crippen LogP contribution in [0.3, 0.4) is 0 Å². The molecule has 1 fully saturated rings. The summed E-state index contributed by atoms with van der Waals surface area (Å²) in [5.74, 6) is 0.0918. The molecule has 0 spiro atoms. The molecule has 1 aliphatic heterocycles. The molecule has 2 aromatic heterocycles. The van der Waals surface area contributed by atoms with Crippen molar-refractivity contribution in [2.24, 2.45) is 0 Å². The minimum atomic E-state index is -0.407. The fourth-order valence-corrected chi connectivity index (χ4v) is 4.75. The number of piperidine rings is 1. The van der Waals surface area contributed by atoms with Crippen LogP contribution in [0.1, 0.15) is 53.9 Å². The smallest absolute Gasteiger partial charge is 0.350 e. The van der Waals surface area contributed by atoms with Gasteiger partial charge in [-0.25, -0.2) is 13.9 Å². The first-order valence-corrected chi connectivity index (χ1v) is 11.3. The monoisotopic (exact) mass is 440 g/mol. The van der Waals surface area contributed by atoms with E-state index in [2.05, 4.69) is 24.3 Å². The Morgan fingerprint density at radius 2 is 1.69 bits per heavy atom. The van der Waals surface area contributed by atoms with Crippen molar-refractivity contribution < 1.29 is 9.59 Å². The topological polar surface area (TPSA) is 93.6 Å². The van der Waals surface area contributed by atoms with Crippen LogP contribution in [0, 0.1) is 0 Å². The fourth-order valence-electron chi connectivity index (χ4n) is 4.75. The molecule has 0 aliphatic carbocycles. The normalized spacial score (nSPS) is 19.6. The third-order valence-electron chi connectivity index (χ3n) is 6.06. The van der Waals surface area contributed by atoms with Crippen molar-refractivity contribution >= 4 is 28.6 Å². The number of carbonyl (C=O) groups excluding carboxylic acids is 2. The number of carbonyl (C=O) groups is 2. The number of nitrogens with one attached hydrogen (secondary N) is 1. The van der Waals surface area contributed by atoms with Gasteiger partial charge in [0, 0.05) is 17.6 Å². The summed E-state index contributed by atoms with van der Waals surface area (Å²) in [7, 11) is 0. The van der Waals surface area contributed by atoms with E-state index in [1.54, 1.807) is 4.57 Å². The Bertz CT molecular complexity index is 1220. The van der Waals surface area contributed by atoms with E-state index in [1.165, 1.54) is 4.40 Å². The molecule has 0 radical (unpaired) electrons. The lowest BCUT2D eigenvalue weighted by Gasteiger charge is -2.39. The van der Waals surface area contributed by atoms with Gasteiger partial charge in [0.1, 0.15) is 13.1 Å². The van der Waals surface area contributed by atoms with Gasteiger partial charge < -0.3 is 10.2 Å². The second-order valence-electron chi connectivity index (χ2n) is 9.88. The first kappa shape index (κ1) is 22.1. The maximum Gasteiger partial charge on any atom is 0.352 e. The average molecular weight is 441 g/mol. The molecule has 1 N–H and O–H groups in total. The highest BCUT2D eigenvalue weighted by Crippen LogP contribution is 2.24. The van der Waals surface area contributed by atoms with Crippen molar-refractivity contribution in [1.82, 2.24) is 29.0 Å². The molecule has 2 atom stereocenters. The van der Waals surface area contributed by atoms with Gasteiger partial charge >= 0.3 is 5.69 Å². The molecule has 0 bridgehead atoms. The number of hydrogen-bond donors (Lipinski definition) is 1. The summed E-state index contributed by atoms with van der Waals surface area (Å²) in [6.07, 6.45) is 3.11. The molecule has 3 heterocycles. The van der Waals surface area contributed by atoms with Gasteiger partial charge in [-0.15, -0.1) is 5.10 Å². The van der Waals surface area contributed by atoms with Gasteiger partial charge in [-0.2, -0.15) is 0 Å². The van der Waals surface area contributed by atoms with Crippen LogP contribution in [0.5, 0.6) is 0 Å². The summed E-state index contributed by atoms with van der Waals surface area (Å²) in [6, 6.07) is 7.81. The Hall–Kier alpha value is -3.10. The van der Waals surface area contributed by atoms with E-state index in [1.807, 2.05) is 49.9 Å². The van der Waals surface area contributed by atoms with E-state index in [4.69, 9.17) is 0 Å². The van der Waals surface area contributed by atoms with Crippen LogP contribution in [0.25, 0.3) is 16.8 Å². The molecule has 0 unspecified atom stereocenters. The molecular formula is C23H32N6O3. The van der Waals surface area contributed by atoms with Crippen LogP contribution in [-0.2, 0) is 22.7 Å². The van der Waals surface area contributed by atoms with Gasteiger partial charge in [0.25, 0.3) is 0 Å². The third kappa shape index (κ3) is 4.03. The molecular weight excluding hydrogens is 408 g/mol. The van der Waals surface area contributed by atoms with E-state index in [0.29, 0.717) is 11.3 Å². The van der Waals surface area contributed by atoms with Gasteiger partial charge in [0.15, 0.2) is 0 Å². The Kier molecular flexibility index (Phi) is 5.60. The fraction of sp³-hybridized carbons (Fsp3) is 0.565. The Morgan fingerprint density at radius 1 is 1.06 bits per heavy atom. The maximum absolute atomic E-state index is 13.3. The maximum atomic E-state index is 13.3. The van der Waals surface area contributed by atoms with Crippen molar-refractivity contribution in [3.05, 3.63) is 34.7 Å². The average Bonchev–Trinajstić information content (AvgIpc) is 3.16. The standard InChI is InChI=1S/C23H32N6O3/c1-15-9-8-10-16(2)28(15)20(31)14-26-17-11-6-7-12-18(17)29-21(26)25-27(22(29)32)13-19(30)24-23(3,4)5/h6-7,11-12,15-16H,8-10,13-14H2,1-5H3,(H,24,30)/t15-,16-/m1/s1. The highest BCUT2D eigenvalue weighted by molar-refractivity contribution is 5.85. The molecule has 3 aromatic rings. The zero-order valence-electron chi connectivity index (χ0n) is 19.5. The van der Waals surface area contributed by atoms with Crippen LogP contribution in [0.2, 0.25) is 0 Å². The predicted molar refractivity (Wildman–Crippen MR) is 122 cm³/mol. The Morgan fingerprint density at radius 3 is 2.31 bits per heavy atom. The second kappa shape index (κ2) is 8.11. The van der Waals surface area contributed by atoms with E-state index in [-0.39, 0.29) is 37.0 Å². The van der Waals surface area contributed by atoms with Crippen molar-refractivity contribution in [2.75, 3.05) is 0 Å². The number of imidazole rings is 1. The van der Waals surface area contributed by atoms with Gasteiger partial charge in [-0.1, -0.05) is 12.1 Å². The highest BCUT2D eigenvalue weighted by Gasteiger charge is 2.30. The molecule has 1 aliphatic rings. The van der Waals surface area contributed by atoms with Gasteiger partial charge in [0.2, 0.25) is 17.6 Å². The number of para-hydroxylation sites is 2. The summed E-state index contributed by atoms with van der Waals surface area (Å²) in [5.41, 5.74) is 0.633. The van der Waals surface area contributed by atoms with Crippen molar-refractivity contribution in [3.63, 3.8) is 0 Å². The lowest BCUT2D eigenvalue weighted by molar-refractivity contribution is -0.137. The number of likely N-dealkylation sites (tertiary alicyclic amines) is 1. The number of hydrogen-bond acceptors (Lipinski definition) is 4. The molecule has 9 heteroatoms. The number of amides is 2. The number of aromatic nitrogens is 4. The minimum absolute atomic E-state index is 0.0143. The lowest BCUT2D eigenvalue weighted by atomic mass is 9.97. The highest BCUT2D eigenvalue weighted by atomic mass is 16.2. The predicted octanol–water partition coefficient (Wildman–Crippen LogP) is 2.15. The van der Waals surface area contributed by atoms with Gasteiger partial charge in [-0.3, -0.25) is 14.2 Å². The lowest BCUT2D eigenvalue weighted by Crippen LogP contribution is -2.48. The van der Waals surface area contributed by atoms with Crippen molar-refractivity contribution in [3.8, 4) is 0 Å². The largest absolute Gasteiger partial charge is 0.352 e.